The van der Waals surface area contributed by atoms with Crippen molar-refractivity contribution in [3.05, 3.63) is 71.3 Å². The highest BCUT2D eigenvalue weighted by Gasteiger charge is 2.11. The first-order valence-electron chi connectivity index (χ1n) is 5.62. The van der Waals surface area contributed by atoms with Crippen molar-refractivity contribution in [1.29, 1.82) is 0 Å². The molecule has 17 heavy (non-hydrogen) atoms. The van der Waals surface area contributed by atoms with Gasteiger partial charge in [0.2, 0.25) is 6.41 Å². The summed E-state index contributed by atoms with van der Waals surface area (Å²) in [4.78, 5) is 10.7. The van der Waals surface area contributed by atoms with Gasteiger partial charge in [-0.25, -0.2) is 0 Å². The summed E-state index contributed by atoms with van der Waals surface area (Å²) >= 11 is 0. The molecule has 0 fully saturated rings. The Kier molecular flexibility index (Phi) is 3.55. The largest absolute Gasteiger partial charge is 0.348 e. The molecule has 2 aromatic carbocycles. The molecule has 0 radical (unpaired) electrons. The molecule has 0 bridgehead atoms. The Morgan fingerprint density at radius 3 is 2.12 bits per heavy atom. The van der Waals surface area contributed by atoms with E-state index in [-0.39, 0.29) is 6.04 Å². The van der Waals surface area contributed by atoms with E-state index < -0.39 is 0 Å². The van der Waals surface area contributed by atoms with Gasteiger partial charge in [0.15, 0.2) is 0 Å². The van der Waals surface area contributed by atoms with Crippen LogP contribution in [0.4, 0.5) is 0 Å². The van der Waals surface area contributed by atoms with Gasteiger partial charge in [0, 0.05) is 0 Å². The third kappa shape index (κ3) is 2.72. The Morgan fingerprint density at radius 1 is 0.941 bits per heavy atom. The molecule has 0 saturated carbocycles. The highest BCUT2D eigenvalue weighted by molar-refractivity contribution is 5.50. The Morgan fingerprint density at radius 2 is 1.53 bits per heavy atom. The van der Waals surface area contributed by atoms with Gasteiger partial charge in [-0.15, -0.1) is 0 Å². The van der Waals surface area contributed by atoms with Crippen molar-refractivity contribution in [2.75, 3.05) is 0 Å². The molecule has 0 heterocycles. The molecule has 0 saturated heterocycles. The number of benzene rings is 2. The van der Waals surface area contributed by atoms with Gasteiger partial charge < -0.3 is 5.32 Å². The van der Waals surface area contributed by atoms with E-state index >= 15 is 0 Å². The molecule has 1 amide bonds. The van der Waals surface area contributed by atoms with Gasteiger partial charge >= 0.3 is 0 Å². The van der Waals surface area contributed by atoms with Crippen molar-refractivity contribution in [3.63, 3.8) is 0 Å². The van der Waals surface area contributed by atoms with E-state index in [4.69, 9.17) is 0 Å². The predicted octanol–water partition coefficient (Wildman–Crippen LogP) is 2.83. The number of aryl methyl sites for hydroxylation is 1. The molecule has 0 spiro atoms. The highest BCUT2D eigenvalue weighted by atomic mass is 16.1. The van der Waals surface area contributed by atoms with Gasteiger partial charge in [-0.1, -0.05) is 60.2 Å². The minimum absolute atomic E-state index is 0.0747. The van der Waals surface area contributed by atoms with Crippen LogP contribution in [0.5, 0.6) is 0 Å². The fourth-order valence-corrected chi connectivity index (χ4v) is 1.86. The van der Waals surface area contributed by atoms with Crippen LogP contribution in [0, 0.1) is 6.92 Å². The third-order valence-corrected chi connectivity index (χ3v) is 2.78. The van der Waals surface area contributed by atoms with Gasteiger partial charge in [-0.05, 0) is 18.1 Å². The molecule has 2 aromatic rings. The average molecular weight is 225 g/mol. The smallest absolute Gasteiger partial charge is 0.207 e. The molecule has 1 N–H and O–H groups in total. The van der Waals surface area contributed by atoms with Gasteiger partial charge in [-0.2, -0.15) is 0 Å². The number of carbonyl (C=O) groups excluding carboxylic acids is 1. The molecule has 2 rings (SSSR count). The minimum Gasteiger partial charge on any atom is -0.348 e. The lowest BCUT2D eigenvalue weighted by atomic mass is 9.98. The van der Waals surface area contributed by atoms with Crippen molar-refractivity contribution >= 4 is 6.41 Å². The molecule has 0 unspecified atom stereocenters. The monoisotopic (exact) mass is 225 g/mol. The summed E-state index contributed by atoms with van der Waals surface area (Å²) in [7, 11) is 0. The average Bonchev–Trinajstić information content (AvgIpc) is 2.38. The number of carbonyl (C=O) groups is 1. The van der Waals surface area contributed by atoms with Crippen LogP contribution in [0.15, 0.2) is 54.6 Å². The third-order valence-electron chi connectivity index (χ3n) is 2.78. The molecule has 86 valence electrons. The van der Waals surface area contributed by atoms with Crippen LogP contribution in [0.25, 0.3) is 0 Å². The number of hydrogen-bond acceptors (Lipinski definition) is 1. The van der Waals surface area contributed by atoms with Crippen LogP contribution in [-0.4, -0.2) is 6.41 Å². The summed E-state index contributed by atoms with van der Waals surface area (Å²) in [6.07, 6.45) is 0.748. The van der Waals surface area contributed by atoms with Gasteiger partial charge in [0.1, 0.15) is 0 Å². The fraction of sp³-hybridized carbons (Fsp3) is 0.133. The zero-order valence-electron chi connectivity index (χ0n) is 9.76. The van der Waals surface area contributed by atoms with Gasteiger partial charge in [0.25, 0.3) is 0 Å². The van der Waals surface area contributed by atoms with Crippen LogP contribution >= 0.6 is 0 Å². The number of nitrogens with one attached hydrogen (secondary N) is 1. The van der Waals surface area contributed by atoms with E-state index in [2.05, 4.69) is 24.4 Å². The van der Waals surface area contributed by atoms with Crippen molar-refractivity contribution in [2.45, 2.75) is 13.0 Å². The molecule has 0 aliphatic carbocycles. The SMILES string of the molecule is Cc1ccc([C@H](NC=O)c2ccccc2)cc1. The zero-order valence-corrected chi connectivity index (χ0v) is 9.76. The van der Waals surface area contributed by atoms with E-state index in [1.165, 1.54) is 5.56 Å². The highest BCUT2D eigenvalue weighted by Crippen LogP contribution is 2.21. The van der Waals surface area contributed by atoms with Crippen molar-refractivity contribution in [2.24, 2.45) is 0 Å². The maximum absolute atomic E-state index is 10.7. The molecule has 0 aromatic heterocycles. The molecule has 0 aliphatic heterocycles. The maximum Gasteiger partial charge on any atom is 0.207 e. The molecule has 2 heteroatoms. The Labute approximate surface area is 101 Å². The first-order valence-corrected chi connectivity index (χ1v) is 5.62. The predicted molar refractivity (Wildman–Crippen MR) is 68.7 cm³/mol. The normalized spacial score (nSPS) is 11.8. The Bertz CT molecular complexity index is 476. The summed E-state index contributed by atoms with van der Waals surface area (Å²) in [5, 5.41) is 2.85. The molecule has 2 nitrogen and oxygen atoms in total. The van der Waals surface area contributed by atoms with E-state index in [1.807, 2.05) is 42.5 Å². The van der Waals surface area contributed by atoms with Gasteiger partial charge in [0.05, 0.1) is 6.04 Å². The fourth-order valence-electron chi connectivity index (χ4n) is 1.86. The quantitative estimate of drug-likeness (QED) is 0.796. The van der Waals surface area contributed by atoms with Crippen LogP contribution in [0.1, 0.15) is 22.7 Å². The summed E-state index contributed by atoms with van der Waals surface area (Å²) in [5.41, 5.74) is 3.39. The summed E-state index contributed by atoms with van der Waals surface area (Å²) in [6, 6.07) is 18.1. The van der Waals surface area contributed by atoms with Crippen molar-refractivity contribution in [1.82, 2.24) is 5.32 Å². The van der Waals surface area contributed by atoms with E-state index in [1.54, 1.807) is 0 Å². The molecule has 1 atom stereocenters. The van der Waals surface area contributed by atoms with Crippen LogP contribution < -0.4 is 5.32 Å². The zero-order chi connectivity index (χ0) is 12.1. The first kappa shape index (κ1) is 11.4. The number of rotatable bonds is 4. The standard InChI is InChI=1S/C15H15NO/c1-12-7-9-14(10-8-12)15(16-11-17)13-5-3-2-4-6-13/h2-11,15H,1H3,(H,16,17)/t15-/m1/s1. The second-order valence-corrected chi connectivity index (χ2v) is 4.04. The Hall–Kier alpha value is -2.09. The summed E-state index contributed by atoms with van der Waals surface area (Å²) < 4.78 is 0. The second kappa shape index (κ2) is 5.30. The lowest BCUT2D eigenvalue weighted by molar-refractivity contribution is -0.110. The van der Waals surface area contributed by atoms with E-state index in [0.717, 1.165) is 17.5 Å². The summed E-state index contributed by atoms with van der Waals surface area (Å²) in [5.74, 6) is 0. The lowest BCUT2D eigenvalue weighted by Gasteiger charge is -2.17. The van der Waals surface area contributed by atoms with E-state index in [0.29, 0.717) is 0 Å². The van der Waals surface area contributed by atoms with E-state index in [9.17, 15) is 4.79 Å². The first-order chi connectivity index (χ1) is 8.31. The van der Waals surface area contributed by atoms with Crippen molar-refractivity contribution < 1.29 is 4.79 Å². The van der Waals surface area contributed by atoms with Crippen molar-refractivity contribution in [3.8, 4) is 0 Å². The van der Waals surface area contributed by atoms with Gasteiger partial charge in [-0.3, -0.25) is 4.79 Å². The topological polar surface area (TPSA) is 29.1 Å². The Balaban J connectivity index is 2.35. The molecular weight excluding hydrogens is 210 g/mol. The summed E-state index contributed by atoms with van der Waals surface area (Å²) in [6.45, 7) is 2.05. The van der Waals surface area contributed by atoms with Crippen LogP contribution in [0.3, 0.4) is 0 Å². The molecule has 0 aliphatic rings. The number of hydrogen-bond donors (Lipinski definition) is 1. The molecular formula is C15H15NO. The second-order valence-electron chi connectivity index (χ2n) is 4.04. The lowest BCUT2D eigenvalue weighted by Crippen LogP contribution is -2.20. The van der Waals surface area contributed by atoms with Crippen LogP contribution in [-0.2, 0) is 4.79 Å². The minimum atomic E-state index is -0.0747. The van der Waals surface area contributed by atoms with Crippen LogP contribution in [0.2, 0.25) is 0 Å². The maximum atomic E-state index is 10.7. The number of amides is 1.